The summed E-state index contributed by atoms with van der Waals surface area (Å²) in [5, 5.41) is 13.4. The lowest BCUT2D eigenvalue weighted by molar-refractivity contribution is -0.136. The van der Waals surface area contributed by atoms with Crippen LogP contribution in [0, 0.1) is 5.92 Å². The van der Waals surface area contributed by atoms with E-state index in [1.54, 1.807) is 0 Å². The van der Waals surface area contributed by atoms with Gasteiger partial charge in [-0.3, -0.25) is 4.79 Å². The smallest absolute Gasteiger partial charge is 0.314 e. The molecule has 0 bridgehead atoms. The highest BCUT2D eigenvalue weighted by Gasteiger charge is 2.21. The molecule has 2 amide bonds. The summed E-state index contributed by atoms with van der Waals surface area (Å²) < 4.78 is 0. The van der Waals surface area contributed by atoms with E-state index in [1.807, 2.05) is 0 Å². The Bertz CT molecular complexity index is 202. The van der Waals surface area contributed by atoms with Gasteiger partial charge in [0.25, 0.3) is 0 Å². The minimum Gasteiger partial charge on any atom is -0.481 e. The molecule has 0 saturated heterocycles. The summed E-state index contributed by atoms with van der Waals surface area (Å²) >= 11 is 0. The van der Waals surface area contributed by atoms with Crippen LogP contribution < -0.4 is 10.6 Å². The second-order valence-electron chi connectivity index (χ2n) is 3.22. The largest absolute Gasteiger partial charge is 0.481 e. The maximum absolute atomic E-state index is 10.9. The Morgan fingerprint density at radius 2 is 2.00 bits per heavy atom. The van der Waals surface area contributed by atoms with Crippen molar-refractivity contribution in [3.63, 3.8) is 0 Å². The van der Waals surface area contributed by atoms with Crippen molar-refractivity contribution in [2.45, 2.75) is 19.3 Å². The standard InChI is InChI=1S/C8H14N2O3/c11-7(12)3-4-9-8(13)10-5-6-1-2-6/h6H,1-5H2,(H,11,12)(H2,9,10,13). The van der Waals surface area contributed by atoms with E-state index in [1.165, 1.54) is 12.8 Å². The lowest BCUT2D eigenvalue weighted by atomic mass is 10.4. The van der Waals surface area contributed by atoms with E-state index in [0.29, 0.717) is 12.5 Å². The first-order valence-electron chi connectivity index (χ1n) is 4.42. The SMILES string of the molecule is O=C(O)CCNC(=O)NCC1CC1. The van der Waals surface area contributed by atoms with Gasteiger partial charge in [0.05, 0.1) is 6.42 Å². The van der Waals surface area contributed by atoms with Crippen LogP contribution in [0.4, 0.5) is 4.79 Å². The number of rotatable bonds is 5. The van der Waals surface area contributed by atoms with Gasteiger partial charge < -0.3 is 15.7 Å². The molecule has 1 rings (SSSR count). The van der Waals surface area contributed by atoms with Gasteiger partial charge >= 0.3 is 12.0 Å². The van der Waals surface area contributed by atoms with Gasteiger partial charge in [0.1, 0.15) is 0 Å². The number of carboxylic acids is 1. The van der Waals surface area contributed by atoms with E-state index >= 15 is 0 Å². The van der Waals surface area contributed by atoms with Gasteiger partial charge in [0.15, 0.2) is 0 Å². The zero-order chi connectivity index (χ0) is 9.68. The second kappa shape index (κ2) is 4.69. The summed E-state index contributed by atoms with van der Waals surface area (Å²) in [5.74, 6) is -0.257. The van der Waals surface area contributed by atoms with E-state index in [-0.39, 0.29) is 19.0 Å². The lowest BCUT2D eigenvalue weighted by Gasteiger charge is -2.04. The Labute approximate surface area is 76.5 Å². The van der Waals surface area contributed by atoms with Crippen molar-refractivity contribution in [2.75, 3.05) is 13.1 Å². The summed E-state index contributed by atoms with van der Waals surface area (Å²) in [5.41, 5.74) is 0. The molecule has 5 heteroatoms. The second-order valence-corrected chi connectivity index (χ2v) is 3.22. The van der Waals surface area contributed by atoms with Gasteiger partial charge in [0.2, 0.25) is 0 Å². The number of amides is 2. The molecule has 1 saturated carbocycles. The van der Waals surface area contributed by atoms with E-state index in [4.69, 9.17) is 5.11 Å². The molecule has 0 heterocycles. The zero-order valence-corrected chi connectivity index (χ0v) is 7.38. The van der Waals surface area contributed by atoms with E-state index in [9.17, 15) is 9.59 Å². The Kier molecular flexibility index (Phi) is 3.54. The molecule has 5 nitrogen and oxygen atoms in total. The van der Waals surface area contributed by atoms with Crippen molar-refractivity contribution in [2.24, 2.45) is 5.92 Å². The number of carboxylic acid groups (broad SMARTS) is 1. The minimum atomic E-state index is -0.900. The highest BCUT2D eigenvalue weighted by atomic mass is 16.4. The molecule has 1 aliphatic carbocycles. The van der Waals surface area contributed by atoms with Crippen molar-refractivity contribution >= 4 is 12.0 Å². The first kappa shape index (κ1) is 9.83. The van der Waals surface area contributed by atoms with Gasteiger partial charge in [-0.15, -0.1) is 0 Å². The normalized spacial score (nSPS) is 15.1. The molecule has 1 fully saturated rings. The molecule has 0 atom stereocenters. The molecule has 74 valence electrons. The summed E-state index contributed by atoms with van der Waals surface area (Å²) in [6, 6.07) is -0.270. The van der Waals surface area contributed by atoms with E-state index in [2.05, 4.69) is 10.6 Å². The van der Waals surface area contributed by atoms with Crippen LogP contribution in [0.5, 0.6) is 0 Å². The van der Waals surface area contributed by atoms with Gasteiger partial charge in [-0.1, -0.05) is 0 Å². The minimum absolute atomic E-state index is 0.0309. The lowest BCUT2D eigenvalue weighted by Crippen LogP contribution is -2.37. The Morgan fingerprint density at radius 1 is 1.31 bits per heavy atom. The van der Waals surface area contributed by atoms with E-state index < -0.39 is 5.97 Å². The average molecular weight is 186 g/mol. The highest BCUT2D eigenvalue weighted by molar-refractivity contribution is 5.74. The number of carbonyl (C=O) groups excluding carboxylic acids is 1. The maximum Gasteiger partial charge on any atom is 0.314 e. The third-order valence-electron chi connectivity index (χ3n) is 1.87. The topological polar surface area (TPSA) is 78.4 Å². The fourth-order valence-corrected chi connectivity index (χ4v) is 0.904. The molecule has 0 spiro atoms. The number of nitrogens with one attached hydrogen (secondary N) is 2. The molecular weight excluding hydrogens is 172 g/mol. The van der Waals surface area contributed by atoms with Gasteiger partial charge in [-0.2, -0.15) is 0 Å². The van der Waals surface area contributed by atoms with Crippen LogP contribution in [0.25, 0.3) is 0 Å². The molecular formula is C8H14N2O3. The first-order valence-corrected chi connectivity index (χ1v) is 4.42. The third kappa shape index (κ3) is 5.05. The Hall–Kier alpha value is -1.26. The Morgan fingerprint density at radius 3 is 2.54 bits per heavy atom. The number of hydrogen-bond acceptors (Lipinski definition) is 2. The average Bonchev–Trinajstić information content (AvgIpc) is 2.83. The molecule has 0 aliphatic heterocycles. The van der Waals surface area contributed by atoms with Crippen molar-refractivity contribution in [3.05, 3.63) is 0 Å². The number of aliphatic carboxylic acids is 1. The predicted molar refractivity (Wildman–Crippen MR) is 46.4 cm³/mol. The van der Waals surface area contributed by atoms with Gasteiger partial charge in [-0.25, -0.2) is 4.79 Å². The Balaban J connectivity index is 1.93. The van der Waals surface area contributed by atoms with Crippen LogP contribution in [0.15, 0.2) is 0 Å². The van der Waals surface area contributed by atoms with Crippen LogP contribution in [0.3, 0.4) is 0 Å². The van der Waals surface area contributed by atoms with Gasteiger partial charge in [-0.05, 0) is 18.8 Å². The van der Waals surface area contributed by atoms with Crippen LogP contribution >= 0.6 is 0 Å². The fraction of sp³-hybridized carbons (Fsp3) is 0.750. The van der Waals surface area contributed by atoms with Crippen LogP contribution in [-0.2, 0) is 4.79 Å². The molecule has 3 N–H and O–H groups in total. The molecule has 0 radical (unpaired) electrons. The zero-order valence-electron chi connectivity index (χ0n) is 7.38. The third-order valence-corrected chi connectivity index (χ3v) is 1.87. The number of carbonyl (C=O) groups is 2. The molecule has 0 aromatic heterocycles. The number of hydrogen-bond donors (Lipinski definition) is 3. The predicted octanol–water partition coefficient (Wildman–Crippen LogP) is 0.170. The van der Waals surface area contributed by atoms with Crippen LogP contribution in [0.1, 0.15) is 19.3 Å². The van der Waals surface area contributed by atoms with Crippen LogP contribution in [-0.4, -0.2) is 30.2 Å². The fourth-order valence-electron chi connectivity index (χ4n) is 0.904. The summed E-state index contributed by atoms with van der Waals surface area (Å²) in [4.78, 5) is 21.0. The van der Waals surface area contributed by atoms with Gasteiger partial charge in [0, 0.05) is 13.1 Å². The highest BCUT2D eigenvalue weighted by Crippen LogP contribution is 2.27. The van der Waals surface area contributed by atoms with Crippen LogP contribution in [0.2, 0.25) is 0 Å². The number of urea groups is 1. The molecule has 0 aromatic rings. The van der Waals surface area contributed by atoms with Crippen molar-refractivity contribution < 1.29 is 14.7 Å². The molecule has 0 aromatic carbocycles. The molecule has 13 heavy (non-hydrogen) atoms. The van der Waals surface area contributed by atoms with Crippen molar-refractivity contribution in [1.82, 2.24) is 10.6 Å². The quantitative estimate of drug-likeness (QED) is 0.572. The maximum atomic E-state index is 10.9. The summed E-state index contributed by atoms with van der Waals surface area (Å²) in [7, 11) is 0. The summed E-state index contributed by atoms with van der Waals surface area (Å²) in [6.07, 6.45) is 2.35. The monoisotopic (exact) mass is 186 g/mol. The first-order chi connectivity index (χ1) is 6.18. The van der Waals surface area contributed by atoms with Crippen molar-refractivity contribution in [1.29, 1.82) is 0 Å². The molecule has 0 unspecified atom stereocenters. The molecule has 1 aliphatic rings. The van der Waals surface area contributed by atoms with Crippen molar-refractivity contribution in [3.8, 4) is 0 Å². The summed E-state index contributed by atoms with van der Waals surface area (Å²) in [6.45, 7) is 0.894. The van der Waals surface area contributed by atoms with E-state index in [0.717, 1.165) is 0 Å².